The second kappa shape index (κ2) is 5.72. The second-order valence-corrected chi connectivity index (χ2v) is 7.46. The minimum Gasteiger partial charge on any atom is -0.207 e. The van der Waals surface area contributed by atoms with Gasteiger partial charge >= 0.3 is 0 Å². The first-order chi connectivity index (χ1) is 8.55. The Hall–Kier alpha value is -0.390. The first kappa shape index (κ1) is 14.0. The number of unbranched alkanes of at least 4 members (excludes halogenated alkanes) is 1. The van der Waals surface area contributed by atoms with E-state index in [1.807, 2.05) is 0 Å². The molecule has 100 valence electrons. The molecule has 5 heteroatoms. The highest BCUT2D eigenvalue weighted by Crippen LogP contribution is 2.32. The first-order valence-corrected chi connectivity index (χ1v) is 8.56. The molecule has 1 aromatic rings. The molecule has 0 N–H and O–H groups in total. The molecule has 0 aromatic heterocycles. The molecule has 1 aliphatic carbocycles. The van der Waals surface area contributed by atoms with Crippen LogP contribution in [0.15, 0.2) is 33.6 Å². The molecule has 0 radical (unpaired) electrons. The van der Waals surface area contributed by atoms with Crippen LogP contribution in [0.25, 0.3) is 0 Å². The summed E-state index contributed by atoms with van der Waals surface area (Å²) in [6.45, 7) is 2.72. The Morgan fingerprint density at radius 3 is 2.39 bits per heavy atom. The molecule has 0 amide bonds. The fourth-order valence-corrected chi connectivity index (χ4v) is 3.91. The van der Waals surface area contributed by atoms with Crippen molar-refractivity contribution in [1.82, 2.24) is 4.31 Å². The third-order valence-electron chi connectivity index (χ3n) is 3.11. The Morgan fingerprint density at radius 1 is 1.28 bits per heavy atom. The lowest BCUT2D eigenvalue weighted by molar-refractivity contribution is 0.395. The predicted molar refractivity (Wildman–Crippen MR) is 76.0 cm³/mol. The van der Waals surface area contributed by atoms with Gasteiger partial charge in [-0.1, -0.05) is 29.3 Å². The van der Waals surface area contributed by atoms with E-state index in [-0.39, 0.29) is 6.04 Å². The van der Waals surface area contributed by atoms with Crippen LogP contribution in [0.3, 0.4) is 0 Å². The van der Waals surface area contributed by atoms with E-state index in [1.165, 1.54) is 0 Å². The third kappa shape index (κ3) is 3.13. The molecule has 0 atom stereocenters. The minimum atomic E-state index is -3.31. The average molecular weight is 332 g/mol. The second-order valence-electron chi connectivity index (χ2n) is 4.65. The number of nitrogens with zero attached hydrogens (tertiary/aromatic N) is 1. The zero-order valence-corrected chi connectivity index (χ0v) is 12.9. The molecule has 0 aliphatic heterocycles. The molecule has 0 bridgehead atoms. The fourth-order valence-electron chi connectivity index (χ4n) is 1.92. The molecule has 1 fully saturated rings. The molecular weight excluding hydrogens is 314 g/mol. The Morgan fingerprint density at radius 2 is 1.89 bits per heavy atom. The molecular formula is C13H18BrNO2S. The lowest BCUT2D eigenvalue weighted by Crippen LogP contribution is -2.34. The SMILES string of the molecule is CCCCN(C1CC1)S(=O)(=O)c1ccc(Br)cc1. The molecule has 1 saturated carbocycles. The molecule has 1 aliphatic rings. The van der Waals surface area contributed by atoms with E-state index < -0.39 is 10.0 Å². The van der Waals surface area contributed by atoms with Crippen molar-refractivity contribution in [2.75, 3.05) is 6.54 Å². The van der Waals surface area contributed by atoms with Gasteiger partial charge in [0.2, 0.25) is 10.0 Å². The van der Waals surface area contributed by atoms with Gasteiger partial charge in [-0.3, -0.25) is 0 Å². The lowest BCUT2D eigenvalue weighted by atomic mass is 10.3. The summed E-state index contributed by atoms with van der Waals surface area (Å²) in [5.74, 6) is 0. The molecule has 0 spiro atoms. The van der Waals surface area contributed by atoms with E-state index in [9.17, 15) is 8.42 Å². The highest BCUT2D eigenvalue weighted by Gasteiger charge is 2.37. The lowest BCUT2D eigenvalue weighted by Gasteiger charge is -2.21. The van der Waals surface area contributed by atoms with Crippen molar-refractivity contribution >= 4 is 26.0 Å². The molecule has 0 saturated heterocycles. The summed E-state index contributed by atoms with van der Waals surface area (Å²) in [5, 5.41) is 0. The third-order valence-corrected chi connectivity index (χ3v) is 5.60. The number of sulfonamides is 1. The van der Waals surface area contributed by atoms with Crippen molar-refractivity contribution in [2.45, 2.75) is 43.5 Å². The first-order valence-electron chi connectivity index (χ1n) is 6.33. The highest BCUT2D eigenvalue weighted by molar-refractivity contribution is 9.10. The maximum absolute atomic E-state index is 12.5. The monoisotopic (exact) mass is 331 g/mol. The summed E-state index contributed by atoms with van der Waals surface area (Å²) in [4.78, 5) is 0.397. The van der Waals surface area contributed by atoms with Gasteiger partial charge in [-0.25, -0.2) is 8.42 Å². The molecule has 0 heterocycles. The van der Waals surface area contributed by atoms with Crippen molar-refractivity contribution < 1.29 is 8.42 Å². The van der Waals surface area contributed by atoms with Gasteiger partial charge in [-0.05, 0) is 43.5 Å². The van der Waals surface area contributed by atoms with Gasteiger partial charge < -0.3 is 0 Å². The highest BCUT2D eigenvalue weighted by atomic mass is 79.9. The Balaban J connectivity index is 2.24. The normalized spacial score (nSPS) is 16.2. The van der Waals surface area contributed by atoms with Crippen molar-refractivity contribution in [3.63, 3.8) is 0 Å². The van der Waals surface area contributed by atoms with Crippen molar-refractivity contribution in [3.8, 4) is 0 Å². The molecule has 1 aromatic carbocycles. The van der Waals surface area contributed by atoms with E-state index in [2.05, 4.69) is 22.9 Å². The smallest absolute Gasteiger partial charge is 0.207 e. The zero-order chi connectivity index (χ0) is 13.2. The van der Waals surface area contributed by atoms with Gasteiger partial charge in [-0.2, -0.15) is 4.31 Å². The fraction of sp³-hybridized carbons (Fsp3) is 0.538. The van der Waals surface area contributed by atoms with Crippen LogP contribution < -0.4 is 0 Å². The van der Waals surface area contributed by atoms with E-state index in [0.717, 1.165) is 30.2 Å². The topological polar surface area (TPSA) is 37.4 Å². The van der Waals surface area contributed by atoms with Crippen LogP contribution in [0.1, 0.15) is 32.6 Å². The number of rotatable bonds is 6. The van der Waals surface area contributed by atoms with E-state index in [1.54, 1.807) is 28.6 Å². The maximum atomic E-state index is 12.5. The van der Waals surface area contributed by atoms with Crippen LogP contribution in [-0.4, -0.2) is 25.3 Å². The van der Waals surface area contributed by atoms with Crippen LogP contribution in [0.2, 0.25) is 0 Å². The number of hydrogen-bond acceptors (Lipinski definition) is 2. The quantitative estimate of drug-likeness (QED) is 0.801. The van der Waals surface area contributed by atoms with Gasteiger partial charge in [-0.15, -0.1) is 0 Å². The molecule has 18 heavy (non-hydrogen) atoms. The van der Waals surface area contributed by atoms with E-state index in [0.29, 0.717) is 11.4 Å². The van der Waals surface area contributed by atoms with Crippen LogP contribution in [0.4, 0.5) is 0 Å². The van der Waals surface area contributed by atoms with Crippen LogP contribution in [0, 0.1) is 0 Å². The number of benzene rings is 1. The van der Waals surface area contributed by atoms with Crippen molar-refractivity contribution in [1.29, 1.82) is 0 Å². The summed E-state index contributed by atoms with van der Waals surface area (Å²) < 4.78 is 27.7. The van der Waals surface area contributed by atoms with Crippen LogP contribution in [-0.2, 0) is 10.0 Å². The zero-order valence-electron chi connectivity index (χ0n) is 10.5. The average Bonchev–Trinajstić information content (AvgIpc) is 3.14. The van der Waals surface area contributed by atoms with Gasteiger partial charge in [0.25, 0.3) is 0 Å². The van der Waals surface area contributed by atoms with E-state index in [4.69, 9.17) is 0 Å². The summed E-state index contributed by atoms with van der Waals surface area (Å²) in [6, 6.07) is 7.11. The van der Waals surface area contributed by atoms with Gasteiger partial charge in [0.05, 0.1) is 4.90 Å². The molecule has 3 nitrogen and oxygen atoms in total. The summed E-state index contributed by atoms with van der Waals surface area (Å²) in [5.41, 5.74) is 0. The predicted octanol–water partition coefficient (Wildman–Crippen LogP) is 3.40. The Bertz CT molecular complexity index is 494. The number of halogens is 1. The summed E-state index contributed by atoms with van der Waals surface area (Å²) >= 11 is 3.32. The summed E-state index contributed by atoms with van der Waals surface area (Å²) in [6.07, 6.45) is 3.93. The summed E-state index contributed by atoms with van der Waals surface area (Å²) in [7, 11) is -3.31. The van der Waals surface area contributed by atoms with Gasteiger partial charge in [0.1, 0.15) is 0 Å². The van der Waals surface area contributed by atoms with Gasteiger partial charge in [0.15, 0.2) is 0 Å². The van der Waals surface area contributed by atoms with Crippen molar-refractivity contribution in [2.24, 2.45) is 0 Å². The maximum Gasteiger partial charge on any atom is 0.243 e. The van der Waals surface area contributed by atoms with Gasteiger partial charge in [0, 0.05) is 17.1 Å². The Labute approximate surface area is 117 Å². The molecule has 0 unspecified atom stereocenters. The Kier molecular flexibility index (Phi) is 4.45. The van der Waals surface area contributed by atoms with Crippen LogP contribution >= 0.6 is 15.9 Å². The van der Waals surface area contributed by atoms with E-state index >= 15 is 0 Å². The van der Waals surface area contributed by atoms with Crippen LogP contribution in [0.5, 0.6) is 0 Å². The van der Waals surface area contributed by atoms with Crippen molar-refractivity contribution in [3.05, 3.63) is 28.7 Å². The molecule has 2 rings (SSSR count). The minimum absolute atomic E-state index is 0.227. The largest absolute Gasteiger partial charge is 0.243 e. The number of hydrogen-bond donors (Lipinski definition) is 0. The standard InChI is InChI=1S/C13H18BrNO2S/c1-2-3-10-15(12-6-7-12)18(16,17)13-8-4-11(14)5-9-13/h4-5,8-9,12H,2-3,6-7,10H2,1H3.